The number of hydrogen-bond donors (Lipinski definition) is 2. The summed E-state index contributed by atoms with van der Waals surface area (Å²) in [6, 6.07) is 5.66. The van der Waals surface area contributed by atoms with Crippen LogP contribution in [-0.4, -0.2) is 24.6 Å². The van der Waals surface area contributed by atoms with Crippen molar-refractivity contribution in [3.05, 3.63) is 41.3 Å². The minimum absolute atomic E-state index is 0.0721. The highest BCUT2D eigenvalue weighted by molar-refractivity contribution is 7.16. The molecule has 1 aromatic heterocycles. The summed E-state index contributed by atoms with van der Waals surface area (Å²) in [4.78, 5) is 17.1. The topological polar surface area (TPSA) is 86.5 Å². The number of carbonyl (C=O) groups excluding carboxylic acids is 1. The van der Waals surface area contributed by atoms with Crippen molar-refractivity contribution in [2.45, 2.75) is 12.3 Å². The van der Waals surface area contributed by atoms with Crippen LogP contribution in [0.15, 0.2) is 30.9 Å². The van der Waals surface area contributed by atoms with Crippen molar-refractivity contribution >= 4 is 28.2 Å². The minimum Gasteiger partial charge on any atom is -0.493 e. The molecule has 23 heavy (non-hydrogen) atoms. The molecule has 0 aliphatic carbocycles. The molecule has 0 bridgehead atoms. The lowest BCUT2D eigenvalue weighted by Crippen LogP contribution is -2.22. The van der Waals surface area contributed by atoms with Crippen molar-refractivity contribution in [3.8, 4) is 11.5 Å². The van der Waals surface area contributed by atoms with E-state index < -0.39 is 0 Å². The Balaban J connectivity index is 2.01. The molecule has 1 aromatic carbocycles. The van der Waals surface area contributed by atoms with Gasteiger partial charge in [0.25, 0.3) is 0 Å². The van der Waals surface area contributed by atoms with Gasteiger partial charge in [0.15, 0.2) is 16.6 Å². The van der Waals surface area contributed by atoms with E-state index in [1.54, 1.807) is 13.2 Å². The molecule has 0 unspecified atom stereocenters. The Kier molecular flexibility index (Phi) is 4.20. The molecule has 7 heteroatoms. The summed E-state index contributed by atoms with van der Waals surface area (Å²) in [5.41, 5.74) is 6.75. The van der Waals surface area contributed by atoms with E-state index in [2.05, 4.69) is 16.9 Å². The van der Waals surface area contributed by atoms with Gasteiger partial charge in [-0.1, -0.05) is 30.1 Å². The molecule has 1 amide bonds. The summed E-state index contributed by atoms with van der Waals surface area (Å²) >= 11 is 1.39. The Morgan fingerprint density at radius 1 is 1.52 bits per heavy atom. The van der Waals surface area contributed by atoms with E-state index in [0.29, 0.717) is 35.5 Å². The van der Waals surface area contributed by atoms with Crippen molar-refractivity contribution in [1.82, 2.24) is 4.98 Å². The number of benzene rings is 1. The first kappa shape index (κ1) is 15.4. The maximum absolute atomic E-state index is 11.9. The first-order valence-electron chi connectivity index (χ1n) is 7.10. The fourth-order valence-electron chi connectivity index (χ4n) is 2.58. The second kappa shape index (κ2) is 6.29. The monoisotopic (exact) mass is 331 g/mol. The van der Waals surface area contributed by atoms with Gasteiger partial charge in [-0.15, -0.1) is 0 Å². The van der Waals surface area contributed by atoms with Gasteiger partial charge < -0.3 is 20.5 Å². The van der Waals surface area contributed by atoms with Crippen molar-refractivity contribution in [1.29, 1.82) is 0 Å². The predicted molar refractivity (Wildman–Crippen MR) is 90.3 cm³/mol. The van der Waals surface area contributed by atoms with E-state index in [1.165, 1.54) is 11.3 Å². The summed E-state index contributed by atoms with van der Waals surface area (Å²) < 4.78 is 11.0. The molecule has 3 N–H and O–H groups in total. The van der Waals surface area contributed by atoms with Gasteiger partial charge in [-0.25, -0.2) is 4.98 Å². The third-order valence-electron chi connectivity index (χ3n) is 3.58. The lowest BCUT2D eigenvalue weighted by atomic mass is 9.91. The van der Waals surface area contributed by atoms with Crippen LogP contribution in [0.3, 0.4) is 0 Å². The summed E-state index contributed by atoms with van der Waals surface area (Å²) in [7, 11) is 1.59. The third kappa shape index (κ3) is 3.00. The lowest BCUT2D eigenvalue weighted by Gasteiger charge is -2.22. The number of methoxy groups -OCH3 is 1. The number of nitrogens with one attached hydrogen (secondary N) is 1. The number of thiazole rings is 1. The quantitative estimate of drug-likeness (QED) is 0.823. The predicted octanol–water partition coefficient (Wildman–Crippen LogP) is 2.77. The number of nitrogen functional groups attached to an aromatic ring is 1. The zero-order valence-electron chi connectivity index (χ0n) is 12.7. The van der Waals surface area contributed by atoms with Gasteiger partial charge in [0.1, 0.15) is 12.4 Å². The molecule has 6 nitrogen and oxygen atoms in total. The molecule has 3 rings (SSSR count). The van der Waals surface area contributed by atoms with Crippen LogP contribution in [0, 0.1) is 0 Å². The third-order valence-corrected chi connectivity index (χ3v) is 4.58. The maximum atomic E-state index is 11.9. The average Bonchev–Trinajstić information content (AvgIpc) is 2.91. The second-order valence-corrected chi connectivity index (χ2v) is 6.14. The number of amides is 1. The van der Waals surface area contributed by atoms with Gasteiger partial charge >= 0.3 is 0 Å². The number of nitrogens with two attached hydrogens (primary N) is 1. The van der Waals surface area contributed by atoms with E-state index in [1.807, 2.05) is 18.2 Å². The summed E-state index contributed by atoms with van der Waals surface area (Å²) in [6.45, 7) is 4.03. The van der Waals surface area contributed by atoms with Gasteiger partial charge in [0, 0.05) is 12.3 Å². The van der Waals surface area contributed by atoms with Crippen LogP contribution in [0.1, 0.15) is 22.8 Å². The Morgan fingerprint density at radius 2 is 2.35 bits per heavy atom. The number of ether oxygens (including phenoxy) is 2. The SMILES string of the molecule is C=CCOc1cc([C@@H]2CC(=O)Nc3nc(N)sc32)ccc1OC. The molecule has 120 valence electrons. The summed E-state index contributed by atoms with van der Waals surface area (Å²) in [5, 5.41) is 3.21. The molecule has 1 atom stereocenters. The van der Waals surface area contributed by atoms with Crippen molar-refractivity contribution < 1.29 is 14.3 Å². The van der Waals surface area contributed by atoms with Gasteiger partial charge in [-0.05, 0) is 17.7 Å². The van der Waals surface area contributed by atoms with Crippen LogP contribution >= 0.6 is 11.3 Å². The number of rotatable bonds is 5. The van der Waals surface area contributed by atoms with Crippen molar-refractivity contribution in [3.63, 3.8) is 0 Å². The van der Waals surface area contributed by atoms with E-state index in [-0.39, 0.29) is 11.8 Å². The van der Waals surface area contributed by atoms with Crippen LogP contribution in [0.25, 0.3) is 0 Å². The smallest absolute Gasteiger partial charge is 0.226 e. The highest BCUT2D eigenvalue weighted by Gasteiger charge is 2.30. The van der Waals surface area contributed by atoms with Gasteiger partial charge in [-0.3, -0.25) is 4.79 Å². The van der Waals surface area contributed by atoms with E-state index >= 15 is 0 Å². The number of carbonyl (C=O) groups is 1. The Hall–Kier alpha value is -2.54. The molecule has 2 aromatic rings. The second-order valence-electron chi connectivity index (χ2n) is 5.08. The Labute approximate surface area is 137 Å². The van der Waals surface area contributed by atoms with E-state index in [0.717, 1.165) is 10.4 Å². The highest BCUT2D eigenvalue weighted by atomic mass is 32.1. The van der Waals surface area contributed by atoms with Crippen molar-refractivity contribution in [2.75, 3.05) is 24.8 Å². The molecule has 0 saturated heterocycles. The summed E-state index contributed by atoms with van der Waals surface area (Å²) in [6.07, 6.45) is 2.02. The minimum atomic E-state index is -0.0921. The number of aromatic nitrogens is 1. The van der Waals surface area contributed by atoms with Gasteiger partial charge in [-0.2, -0.15) is 0 Å². The number of fused-ring (bicyclic) bond motifs is 1. The number of nitrogens with zero attached hydrogens (tertiary/aromatic N) is 1. The molecule has 0 saturated carbocycles. The Bertz CT molecular complexity index is 757. The lowest BCUT2D eigenvalue weighted by molar-refractivity contribution is -0.116. The molecule has 0 radical (unpaired) electrons. The van der Waals surface area contributed by atoms with Crippen LogP contribution in [0.2, 0.25) is 0 Å². The van der Waals surface area contributed by atoms with Gasteiger partial charge in [0.2, 0.25) is 5.91 Å². The van der Waals surface area contributed by atoms with E-state index in [9.17, 15) is 4.79 Å². The normalized spacial score (nSPS) is 16.4. The summed E-state index contributed by atoms with van der Waals surface area (Å²) in [5.74, 6) is 1.65. The number of anilines is 2. The van der Waals surface area contributed by atoms with Crippen LogP contribution in [0.4, 0.5) is 10.9 Å². The number of hydrogen-bond acceptors (Lipinski definition) is 6. The zero-order chi connectivity index (χ0) is 16.4. The maximum Gasteiger partial charge on any atom is 0.226 e. The van der Waals surface area contributed by atoms with Crippen LogP contribution in [0.5, 0.6) is 11.5 Å². The molecule has 1 aliphatic heterocycles. The Morgan fingerprint density at radius 3 is 3.09 bits per heavy atom. The highest BCUT2D eigenvalue weighted by Crippen LogP contribution is 2.43. The standard InChI is InChI=1S/C16H17N3O3S/c1-3-6-22-12-7-9(4-5-11(12)21-2)10-8-13(20)18-15-14(10)23-16(17)19-15/h3-5,7,10H,1,6,8H2,2H3,(H2,17,19)(H,18,20)/t10-/m0/s1. The largest absolute Gasteiger partial charge is 0.493 e. The first-order chi connectivity index (χ1) is 11.1. The zero-order valence-corrected chi connectivity index (χ0v) is 13.5. The molecule has 1 aliphatic rings. The van der Waals surface area contributed by atoms with Crippen molar-refractivity contribution in [2.24, 2.45) is 0 Å². The first-order valence-corrected chi connectivity index (χ1v) is 7.91. The molecule has 2 heterocycles. The molecule has 0 fully saturated rings. The van der Waals surface area contributed by atoms with E-state index in [4.69, 9.17) is 15.2 Å². The van der Waals surface area contributed by atoms with Crippen LogP contribution < -0.4 is 20.5 Å². The average molecular weight is 331 g/mol. The van der Waals surface area contributed by atoms with Gasteiger partial charge in [0.05, 0.1) is 12.0 Å². The molecule has 0 spiro atoms. The fourth-order valence-corrected chi connectivity index (χ4v) is 3.49. The fraction of sp³-hybridized carbons (Fsp3) is 0.250. The van der Waals surface area contributed by atoms with Crippen LogP contribution in [-0.2, 0) is 4.79 Å². The molecular formula is C16H17N3O3S. The molecular weight excluding hydrogens is 314 g/mol.